The lowest BCUT2D eigenvalue weighted by molar-refractivity contribution is -0.147. The summed E-state index contributed by atoms with van der Waals surface area (Å²) in [6, 6.07) is 0. The van der Waals surface area contributed by atoms with Crippen LogP contribution in [0.4, 0.5) is 0 Å². The average Bonchev–Trinajstić information content (AvgIpc) is 2.36. The summed E-state index contributed by atoms with van der Waals surface area (Å²) in [5.41, 5.74) is -2.55. The SMILES string of the molecule is [B]CN(C)C(=O)C(C)(C)C(=O)CC(=O)C(C)(C)C(C)=O. The lowest BCUT2D eigenvalue weighted by atomic mass is 9.77. The second kappa shape index (κ2) is 6.33. The molecule has 0 saturated heterocycles. The van der Waals surface area contributed by atoms with E-state index >= 15 is 0 Å². The van der Waals surface area contributed by atoms with Crippen molar-refractivity contribution >= 4 is 31.1 Å². The predicted octanol–water partition coefficient (Wildman–Crippen LogP) is 0.740. The van der Waals surface area contributed by atoms with Gasteiger partial charge < -0.3 is 4.90 Å². The molecule has 1 amide bonds. The average molecular weight is 279 g/mol. The fourth-order valence-corrected chi connectivity index (χ4v) is 1.46. The molecule has 0 aliphatic rings. The van der Waals surface area contributed by atoms with E-state index in [-0.39, 0.29) is 12.2 Å². The molecule has 0 aliphatic carbocycles. The van der Waals surface area contributed by atoms with Gasteiger partial charge in [-0.2, -0.15) is 0 Å². The maximum atomic E-state index is 12.2. The molecular formula is C14H22BNO4. The highest BCUT2D eigenvalue weighted by Crippen LogP contribution is 2.26. The molecule has 110 valence electrons. The zero-order valence-corrected chi connectivity index (χ0v) is 13.1. The van der Waals surface area contributed by atoms with Gasteiger partial charge in [-0.25, -0.2) is 0 Å². The molecule has 0 unspecified atom stereocenters. The van der Waals surface area contributed by atoms with E-state index in [9.17, 15) is 19.2 Å². The topological polar surface area (TPSA) is 71.5 Å². The Hall–Kier alpha value is -1.46. The van der Waals surface area contributed by atoms with E-state index in [1.807, 2.05) is 0 Å². The van der Waals surface area contributed by atoms with Gasteiger partial charge >= 0.3 is 0 Å². The van der Waals surface area contributed by atoms with E-state index in [4.69, 9.17) is 7.85 Å². The zero-order valence-electron chi connectivity index (χ0n) is 13.1. The Morgan fingerprint density at radius 3 is 1.70 bits per heavy atom. The number of carbonyl (C=O) groups excluding carboxylic acids is 4. The van der Waals surface area contributed by atoms with Crippen LogP contribution in [0.1, 0.15) is 41.0 Å². The smallest absolute Gasteiger partial charge is 0.234 e. The van der Waals surface area contributed by atoms with Crippen LogP contribution in [0.5, 0.6) is 0 Å². The summed E-state index contributed by atoms with van der Waals surface area (Å²) in [7, 11) is 6.85. The fraction of sp³-hybridized carbons (Fsp3) is 0.714. The molecule has 0 N–H and O–H groups in total. The molecule has 0 aromatic heterocycles. The predicted molar refractivity (Wildman–Crippen MR) is 76.3 cm³/mol. The monoisotopic (exact) mass is 279 g/mol. The first-order valence-electron chi connectivity index (χ1n) is 6.42. The first kappa shape index (κ1) is 18.5. The lowest BCUT2D eigenvalue weighted by Gasteiger charge is -2.28. The third-order valence-corrected chi connectivity index (χ3v) is 3.75. The first-order chi connectivity index (χ1) is 8.88. The maximum Gasteiger partial charge on any atom is 0.234 e. The largest absolute Gasteiger partial charge is 0.354 e. The zero-order chi connectivity index (χ0) is 16.3. The molecule has 0 heterocycles. The van der Waals surface area contributed by atoms with Crippen molar-refractivity contribution in [1.29, 1.82) is 0 Å². The van der Waals surface area contributed by atoms with E-state index in [1.54, 1.807) is 0 Å². The quantitative estimate of drug-likeness (QED) is 0.509. The van der Waals surface area contributed by atoms with Crippen molar-refractivity contribution in [3.63, 3.8) is 0 Å². The van der Waals surface area contributed by atoms with Gasteiger partial charge in [-0.1, -0.05) is 0 Å². The second-order valence-corrected chi connectivity index (χ2v) is 6.01. The molecule has 20 heavy (non-hydrogen) atoms. The van der Waals surface area contributed by atoms with Gasteiger partial charge in [-0.15, -0.1) is 0 Å². The second-order valence-electron chi connectivity index (χ2n) is 6.01. The summed E-state index contributed by atoms with van der Waals surface area (Å²) < 4.78 is 0. The van der Waals surface area contributed by atoms with Crippen LogP contribution in [-0.2, 0) is 19.2 Å². The summed E-state index contributed by atoms with van der Waals surface area (Å²) in [5, 5.41) is 0. The van der Waals surface area contributed by atoms with Crippen molar-refractivity contribution in [2.75, 3.05) is 13.5 Å². The summed E-state index contributed by atoms with van der Waals surface area (Å²) in [4.78, 5) is 48.9. The number of carbonyl (C=O) groups is 4. The van der Waals surface area contributed by atoms with E-state index < -0.39 is 34.7 Å². The lowest BCUT2D eigenvalue weighted by Crippen LogP contribution is -2.45. The van der Waals surface area contributed by atoms with E-state index in [0.717, 1.165) is 0 Å². The molecule has 0 aromatic rings. The highest BCUT2D eigenvalue weighted by molar-refractivity contribution is 6.17. The van der Waals surface area contributed by atoms with Gasteiger partial charge in [0.05, 0.1) is 19.7 Å². The van der Waals surface area contributed by atoms with Gasteiger partial charge in [-0.3, -0.25) is 19.2 Å². The van der Waals surface area contributed by atoms with Crippen molar-refractivity contribution in [2.24, 2.45) is 10.8 Å². The number of hydrogen-bond acceptors (Lipinski definition) is 4. The van der Waals surface area contributed by atoms with Crippen molar-refractivity contribution in [3.8, 4) is 0 Å². The van der Waals surface area contributed by atoms with Crippen LogP contribution in [0.2, 0.25) is 0 Å². The minimum atomic E-state index is -1.34. The van der Waals surface area contributed by atoms with Crippen molar-refractivity contribution in [3.05, 3.63) is 0 Å². The van der Waals surface area contributed by atoms with Crippen molar-refractivity contribution in [1.82, 2.24) is 4.90 Å². The summed E-state index contributed by atoms with van der Waals surface area (Å²) in [6.07, 6.45) is -0.452. The third-order valence-electron chi connectivity index (χ3n) is 3.75. The third kappa shape index (κ3) is 3.77. The number of nitrogens with zero attached hydrogens (tertiary/aromatic N) is 1. The summed E-state index contributed by atoms with van der Waals surface area (Å²) in [5.74, 6) is -1.75. The molecule has 0 fully saturated rings. The Morgan fingerprint density at radius 1 is 0.950 bits per heavy atom. The molecule has 0 rings (SSSR count). The van der Waals surface area contributed by atoms with Gasteiger partial charge in [0.15, 0.2) is 11.6 Å². The van der Waals surface area contributed by atoms with Crippen LogP contribution in [0, 0.1) is 10.8 Å². The summed E-state index contributed by atoms with van der Waals surface area (Å²) >= 11 is 0. The number of amides is 1. The first-order valence-corrected chi connectivity index (χ1v) is 6.42. The van der Waals surface area contributed by atoms with Gasteiger partial charge in [-0.05, 0) is 41.1 Å². The van der Waals surface area contributed by atoms with Gasteiger partial charge in [0.25, 0.3) is 0 Å². The van der Waals surface area contributed by atoms with Crippen LogP contribution in [0.3, 0.4) is 0 Å². The van der Waals surface area contributed by atoms with Crippen LogP contribution in [0.25, 0.3) is 0 Å². The number of rotatable bonds is 7. The Morgan fingerprint density at radius 2 is 1.35 bits per heavy atom. The molecule has 6 heteroatoms. The van der Waals surface area contributed by atoms with Crippen molar-refractivity contribution < 1.29 is 19.2 Å². The summed E-state index contributed by atoms with van der Waals surface area (Å²) in [6.45, 7) is 7.17. The molecule has 0 bridgehead atoms. The Balaban J connectivity index is 5.07. The number of hydrogen-bond donors (Lipinski definition) is 0. The maximum absolute atomic E-state index is 12.2. The van der Waals surface area contributed by atoms with Crippen LogP contribution in [0.15, 0.2) is 0 Å². The molecule has 0 aromatic carbocycles. The van der Waals surface area contributed by atoms with Crippen LogP contribution >= 0.6 is 0 Å². The number of ketones is 3. The van der Waals surface area contributed by atoms with Gasteiger partial charge in [0, 0.05) is 7.05 Å². The van der Waals surface area contributed by atoms with Gasteiger partial charge in [0.1, 0.15) is 11.2 Å². The van der Waals surface area contributed by atoms with Crippen molar-refractivity contribution in [2.45, 2.75) is 41.0 Å². The fourth-order valence-electron chi connectivity index (χ4n) is 1.46. The molecule has 2 radical (unpaired) electrons. The molecule has 5 nitrogen and oxygen atoms in total. The molecular weight excluding hydrogens is 257 g/mol. The number of Topliss-reactive ketones (excluding diaryl/α,β-unsaturated/α-hetero) is 3. The minimum absolute atomic E-state index is 0.0115. The standard InChI is InChI=1S/C14H22BNO4/c1-9(17)13(2,3)10(18)7-11(19)14(4,5)12(20)16(6)8-15/h7-8H2,1-6H3. The Kier molecular flexibility index (Phi) is 5.87. The Labute approximate surface area is 121 Å². The normalized spacial score (nSPS) is 11.9. The van der Waals surface area contributed by atoms with E-state index in [0.29, 0.717) is 0 Å². The molecule has 0 spiro atoms. The molecule has 0 atom stereocenters. The van der Waals surface area contributed by atoms with Gasteiger partial charge in [0.2, 0.25) is 5.91 Å². The van der Waals surface area contributed by atoms with E-state index in [1.165, 1.54) is 46.6 Å². The highest BCUT2D eigenvalue weighted by Gasteiger charge is 2.41. The van der Waals surface area contributed by atoms with Crippen LogP contribution < -0.4 is 0 Å². The minimum Gasteiger partial charge on any atom is -0.354 e. The molecule has 0 aliphatic heterocycles. The van der Waals surface area contributed by atoms with E-state index in [2.05, 4.69) is 0 Å². The molecule has 0 saturated carbocycles. The highest BCUT2D eigenvalue weighted by atomic mass is 16.2. The van der Waals surface area contributed by atoms with Crippen LogP contribution in [-0.4, -0.2) is 49.5 Å². The Bertz CT molecular complexity index is 440.